The molecule has 0 saturated heterocycles. The fourth-order valence-electron chi connectivity index (χ4n) is 1.22. The number of thiazole rings is 1. The number of halogens is 2. The van der Waals surface area contributed by atoms with Gasteiger partial charge in [-0.25, -0.2) is 4.98 Å². The molecule has 110 valence electrons. The second kappa shape index (κ2) is 7.54. The molecule has 1 amide bonds. The zero-order valence-corrected chi connectivity index (χ0v) is 13.4. The largest absolute Gasteiger partial charge is 0.318 e. The first kappa shape index (κ1) is 18.8. The summed E-state index contributed by atoms with van der Waals surface area (Å²) in [6.07, 6.45) is 1.70. The molecule has 2 rings (SSSR count). The van der Waals surface area contributed by atoms with Crippen LogP contribution in [0.1, 0.15) is 13.8 Å². The van der Waals surface area contributed by atoms with E-state index in [1.165, 1.54) is 11.3 Å². The normalized spacial score (nSPS) is 10.2. The number of pyridine rings is 1. The molecule has 0 unspecified atom stereocenters. The number of hydrogen-bond donors (Lipinski definition) is 2. The summed E-state index contributed by atoms with van der Waals surface area (Å²) in [5.74, 6) is -0.260. The Morgan fingerprint density at radius 2 is 2.00 bits per heavy atom. The Labute approximate surface area is 133 Å². The van der Waals surface area contributed by atoms with Gasteiger partial charge >= 0.3 is 0 Å². The molecule has 8 heteroatoms. The van der Waals surface area contributed by atoms with Crippen molar-refractivity contribution in [2.75, 3.05) is 5.32 Å². The highest BCUT2D eigenvalue weighted by Gasteiger charge is 2.22. The Kier molecular flexibility index (Phi) is 7.08. The van der Waals surface area contributed by atoms with Gasteiger partial charge in [-0.3, -0.25) is 9.78 Å². The summed E-state index contributed by atoms with van der Waals surface area (Å²) >= 11 is 1.35. The molecule has 0 aliphatic carbocycles. The van der Waals surface area contributed by atoms with Crippen molar-refractivity contribution in [1.29, 1.82) is 0 Å². The van der Waals surface area contributed by atoms with Crippen molar-refractivity contribution in [3.8, 4) is 11.4 Å². The van der Waals surface area contributed by atoms with Crippen LogP contribution in [0.5, 0.6) is 0 Å². The van der Waals surface area contributed by atoms with E-state index in [1.54, 1.807) is 20.0 Å². The van der Waals surface area contributed by atoms with Gasteiger partial charge in [0.05, 0.1) is 11.2 Å². The van der Waals surface area contributed by atoms with E-state index in [2.05, 4.69) is 15.3 Å². The molecule has 20 heavy (non-hydrogen) atoms. The van der Waals surface area contributed by atoms with E-state index < -0.39 is 5.54 Å². The molecule has 2 aromatic heterocycles. The fraction of sp³-hybridized carbons (Fsp3) is 0.250. The number of nitrogens with one attached hydrogen (secondary N) is 1. The summed E-state index contributed by atoms with van der Waals surface area (Å²) in [5, 5.41) is 5.06. The molecular weight excluding hydrogens is 319 g/mol. The smallest absolute Gasteiger partial charge is 0.245 e. The maximum atomic E-state index is 11.7. The van der Waals surface area contributed by atoms with E-state index in [9.17, 15) is 4.79 Å². The van der Waals surface area contributed by atoms with Gasteiger partial charge in [0.1, 0.15) is 5.69 Å². The Morgan fingerprint density at radius 3 is 2.55 bits per heavy atom. The number of carbonyl (C=O) groups excluding carboxylic acids is 1. The van der Waals surface area contributed by atoms with Crippen LogP contribution in [0, 0.1) is 0 Å². The van der Waals surface area contributed by atoms with E-state index in [4.69, 9.17) is 5.73 Å². The molecule has 0 aromatic carbocycles. The van der Waals surface area contributed by atoms with Crippen molar-refractivity contribution in [2.45, 2.75) is 19.4 Å². The highest BCUT2D eigenvalue weighted by Crippen LogP contribution is 2.23. The van der Waals surface area contributed by atoms with Gasteiger partial charge in [-0.1, -0.05) is 6.07 Å². The maximum absolute atomic E-state index is 11.7. The number of aromatic nitrogens is 2. The lowest BCUT2D eigenvalue weighted by atomic mass is 10.1. The van der Waals surface area contributed by atoms with Crippen molar-refractivity contribution in [3.05, 3.63) is 29.8 Å². The van der Waals surface area contributed by atoms with Crippen molar-refractivity contribution in [3.63, 3.8) is 0 Å². The van der Waals surface area contributed by atoms with Crippen LogP contribution in [-0.4, -0.2) is 21.4 Å². The molecule has 5 nitrogen and oxygen atoms in total. The number of nitrogens with two attached hydrogens (primary N) is 1. The molecule has 0 aliphatic heterocycles. The molecule has 2 aromatic rings. The van der Waals surface area contributed by atoms with Gasteiger partial charge in [0, 0.05) is 11.6 Å². The number of nitrogens with zero attached hydrogens (tertiary/aromatic N) is 2. The molecule has 0 fully saturated rings. The number of hydrogen-bond acceptors (Lipinski definition) is 5. The van der Waals surface area contributed by atoms with Gasteiger partial charge < -0.3 is 11.1 Å². The van der Waals surface area contributed by atoms with Gasteiger partial charge in [0.2, 0.25) is 5.91 Å². The van der Waals surface area contributed by atoms with Gasteiger partial charge in [0.25, 0.3) is 0 Å². The predicted molar refractivity (Wildman–Crippen MR) is 86.7 cm³/mol. The molecule has 0 bridgehead atoms. The van der Waals surface area contributed by atoms with Gasteiger partial charge in [-0.05, 0) is 26.0 Å². The summed E-state index contributed by atoms with van der Waals surface area (Å²) in [6.45, 7) is 3.30. The van der Waals surface area contributed by atoms with Crippen LogP contribution in [0.2, 0.25) is 0 Å². The van der Waals surface area contributed by atoms with Crippen LogP contribution >= 0.6 is 36.2 Å². The molecular formula is C12H16Cl2N4OS. The van der Waals surface area contributed by atoms with E-state index in [0.717, 1.165) is 11.4 Å². The van der Waals surface area contributed by atoms with E-state index in [-0.39, 0.29) is 30.7 Å². The van der Waals surface area contributed by atoms with E-state index >= 15 is 0 Å². The lowest BCUT2D eigenvalue weighted by Crippen LogP contribution is -2.45. The standard InChI is InChI=1S/C12H14N4OS.2ClH/c1-12(2,13)10(17)16-11-15-9(7-18-11)8-5-3-4-6-14-8;;/h3-7H,13H2,1-2H3,(H,15,16,17);2*1H. The van der Waals surface area contributed by atoms with Crippen LogP contribution < -0.4 is 11.1 Å². The zero-order valence-electron chi connectivity index (χ0n) is 11.0. The van der Waals surface area contributed by atoms with Gasteiger partial charge in [-0.2, -0.15) is 0 Å². The molecule has 2 heterocycles. The van der Waals surface area contributed by atoms with E-state index in [0.29, 0.717) is 5.13 Å². The maximum Gasteiger partial charge on any atom is 0.245 e. The minimum Gasteiger partial charge on any atom is -0.318 e. The van der Waals surface area contributed by atoms with Crippen molar-refractivity contribution < 1.29 is 4.79 Å². The second-order valence-electron chi connectivity index (χ2n) is 4.43. The molecule has 0 saturated carbocycles. The first-order valence-electron chi connectivity index (χ1n) is 5.44. The molecule has 0 aliphatic rings. The number of carbonyl (C=O) groups is 1. The Hall–Kier alpha value is -1.21. The number of anilines is 1. The lowest BCUT2D eigenvalue weighted by Gasteiger charge is -2.16. The quantitative estimate of drug-likeness (QED) is 0.904. The number of rotatable bonds is 3. The highest BCUT2D eigenvalue weighted by atomic mass is 35.5. The first-order valence-corrected chi connectivity index (χ1v) is 6.32. The van der Waals surface area contributed by atoms with E-state index in [1.807, 2.05) is 23.6 Å². The summed E-state index contributed by atoms with van der Waals surface area (Å²) in [7, 11) is 0. The molecule has 0 spiro atoms. The Morgan fingerprint density at radius 1 is 1.30 bits per heavy atom. The molecule has 0 atom stereocenters. The summed E-state index contributed by atoms with van der Waals surface area (Å²) < 4.78 is 0. The third-order valence-corrected chi connectivity index (χ3v) is 2.99. The van der Waals surface area contributed by atoms with Crippen LogP contribution in [0.3, 0.4) is 0 Å². The summed E-state index contributed by atoms with van der Waals surface area (Å²) in [5.41, 5.74) is 6.30. The number of amides is 1. The van der Waals surface area contributed by atoms with Crippen molar-refractivity contribution >= 4 is 47.2 Å². The predicted octanol–water partition coefficient (Wildman–Crippen LogP) is 2.72. The van der Waals surface area contributed by atoms with Crippen LogP contribution in [-0.2, 0) is 4.79 Å². The Bertz CT molecular complexity index is 554. The average molecular weight is 335 g/mol. The summed E-state index contributed by atoms with van der Waals surface area (Å²) in [4.78, 5) is 20.2. The average Bonchev–Trinajstić information content (AvgIpc) is 2.77. The Balaban J connectivity index is 0.00000180. The topological polar surface area (TPSA) is 80.9 Å². The molecule has 0 radical (unpaired) electrons. The first-order chi connectivity index (χ1) is 8.47. The monoisotopic (exact) mass is 334 g/mol. The third kappa shape index (κ3) is 4.72. The lowest BCUT2D eigenvalue weighted by molar-refractivity contribution is -0.120. The summed E-state index contributed by atoms with van der Waals surface area (Å²) in [6, 6.07) is 5.60. The molecule has 3 N–H and O–H groups in total. The van der Waals surface area contributed by atoms with Gasteiger partial charge in [-0.15, -0.1) is 36.2 Å². The third-order valence-electron chi connectivity index (χ3n) is 2.24. The fourth-order valence-corrected chi connectivity index (χ4v) is 1.92. The van der Waals surface area contributed by atoms with Crippen molar-refractivity contribution in [1.82, 2.24) is 9.97 Å². The zero-order chi connectivity index (χ0) is 13.2. The second-order valence-corrected chi connectivity index (χ2v) is 5.29. The van der Waals surface area contributed by atoms with Crippen LogP contribution in [0.25, 0.3) is 11.4 Å². The van der Waals surface area contributed by atoms with Crippen LogP contribution in [0.4, 0.5) is 5.13 Å². The van der Waals surface area contributed by atoms with Gasteiger partial charge in [0.15, 0.2) is 5.13 Å². The highest BCUT2D eigenvalue weighted by molar-refractivity contribution is 7.14. The SMILES string of the molecule is CC(C)(N)C(=O)Nc1nc(-c2ccccn2)cs1.Cl.Cl. The minimum atomic E-state index is -0.920. The van der Waals surface area contributed by atoms with Crippen molar-refractivity contribution in [2.24, 2.45) is 5.73 Å². The minimum absolute atomic E-state index is 0. The van der Waals surface area contributed by atoms with Crippen LogP contribution in [0.15, 0.2) is 29.8 Å².